The van der Waals surface area contributed by atoms with Gasteiger partial charge in [-0.25, -0.2) is 0 Å². The van der Waals surface area contributed by atoms with Crippen molar-refractivity contribution in [3.63, 3.8) is 0 Å². The van der Waals surface area contributed by atoms with Gasteiger partial charge >= 0.3 is 0 Å². The summed E-state index contributed by atoms with van der Waals surface area (Å²) in [4.78, 5) is 12.5. The van der Waals surface area contributed by atoms with Crippen LogP contribution in [0.1, 0.15) is 36.4 Å². The van der Waals surface area contributed by atoms with E-state index in [0.29, 0.717) is 12.3 Å². The molecule has 1 heterocycles. The van der Waals surface area contributed by atoms with Gasteiger partial charge in [0.25, 0.3) is 0 Å². The molecule has 3 rings (SSSR count). The lowest BCUT2D eigenvalue weighted by molar-refractivity contribution is -0.113. The van der Waals surface area contributed by atoms with Gasteiger partial charge in [0.15, 0.2) is 11.0 Å². The van der Waals surface area contributed by atoms with E-state index in [1.807, 2.05) is 23.6 Å². The quantitative estimate of drug-likeness (QED) is 0.483. The van der Waals surface area contributed by atoms with Gasteiger partial charge in [-0.3, -0.25) is 4.79 Å². The number of aryl methyl sites for hydroxylation is 3. The van der Waals surface area contributed by atoms with Gasteiger partial charge < -0.3 is 15.2 Å². The largest absolute Gasteiger partial charge is 0.378 e. The van der Waals surface area contributed by atoms with E-state index in [4.69, 9.17) is 0 Å². The minimum absolute atomic E-state index is 0.0333. The lowest BCUT2D eigenvalue weighted by atomic mass is 10.1. The molecule has 1 aromatic heterocycles. The Morgan fingerprint density at radius 1 is 1.07 bits per heavy atom. The van der Waals surface area contributed by atoms with Crippen molar-refractivity contribution in [2.75, 3.05) is 16.4 Å². The Kier molecular flexibility index (Phi) is 7.52. The Labute approximate surface area is 182 Å². The summed E-state index contributed by atoms with van der Waals surface area (Å²) in [5, 5.41) is 15.8. The predicted octanol–water partition coefficient (Wildman–Crippen LogP) is 4.82. The lowest BCUT2D eigenvalue weighted by Crippen LogP contribution is -2.17. The van der Waals surface area contributed by atoms with Crippen LogP contribution >= 0.6 is 11.8 Å². The monoisotopic (exact) mass is 423 g/mol. The fourth-order valence-corrected chi connectivity index (χ4v) is 4.06. The topological polar surface area (TPSA) is 71.8 Å². The first-order valence-corrected chi connectivity index (χ1v) is 11.2. The normalized spacial score (nSPS) is 10.8. The average Bonchev–Trinajstić information content (AvgIpc) is 3.15. The second-order valence-electron chi connectivity index (χ2n) is 7.16. The van der Waals surface area contributed by atoms with Crippen molar-refractivity contribution in [2.45, 2.75) is 52.4 Å². The first-order valence-electron chi connectivity index (χ1n) is 10.3. The molecule has 0 unspecified atom stereocenters. The summed E-state index contributed by atoms with van der Waals surface area (Å²) in [6, 6.07) is 14.3. The summed E-state index contributed by atoms with van der Waals surface area (Å²) >= 11 is 1.41. The third-order valence-corrected chi connectivity index (χ3v) is 5.92. The van der Waals surface area contributed by atoms with Crippen LogP contribution < -0.4 is 10.6 Å². The highest BCUT2D eigenvalue weighted by atomic mass is 32.2. The molecule has 0 fully saturated rings. The van der Waals surface area contributed by atoms with Gasteiger partial charge in [0.05, 0.1) is 12.3 Å². The maximum Gasteiger partial charge on any atom is 0.234 e. The molecule has 3 aromatic rings. The van der Waals surface area contributed by atoms with E-state index in [1.54, 1.807) is 0 Å². The third-order valence-electron chi connectivity index (χ3n) is 4.95. The average molecular weight is 424 g/mol. The smallest absolute Gasteiger partial charge is 0.234 e. The summed E-state index contributed by atoms with van der Waals surface area (Å²) in [5.74, 6) is 1.11. The Balaban J connectivity index is 1.60. The number of nitrogens with zero attached hydrogens (tertiary/aromatic N) is 3. The molecule has 0 aliphatic carbocycles. The van der Waals surface area contributed by atoms with Gasteiger partial charge in [-0.05, 0) is 50.5 Å². The number of anilines is 2. The van der Waals surface area contributed by atoms with Gasteiger partial charge in [-0.2, -0.15) is 0 Å². The molecule has 0 saturated carbocycles. The fraction of sp³-hybridized carbons (Fsp3) is 0.348. The van der Waals surface area contributed by atoms with Gasteiger partial charge in [-0.15, -0.1) is 10.2 Å². The highest BCUT2D eigenvalue weighted by Crippen LogP contribution is 2.23. The van der Waals surface area contributed by atoms with Crippen LogP contribution in [0.2, 0.25) is 0 Å². The zero-order valence-corrected chi connectivity index (χ0v) is 18.8. The number of aromatic nitrogens is 3. The third kappa shape index (κ3) is 5.42. The Morgan fingerprint density at radius 3 is 2.53 bits per heavy atom. The number of hydrogen-bond acceptors (Lipinski definition) is 5. The Hall–Kier alpha value is -2.80. The van der Waals surface area contributed by atoms with E-state index < -0.39 is 0 Å². The summed E-state index contributed by atoms with van der Waals surface area (Å²) < 4.78 is 2.05. The highest BCUT2D eigenvalue weighted by molar-refractivity contribution is 7.99. The maximum atomic E-state index is 12.5. The summed E-state index contributed by atoms with van der Waals surface area (Å²) in [7, 11) is 0. The van der Waals surface area contributed by atoms with E-state index >= 15 is 0 Å². The molecule has 158 valence electrons. The minimum atomic E-state index is -0.0333. The molecular formula is C23H29N5OS. The number of amides is 1. The van der Waals surface area contributed by atoms with Crippen molar-refractivity contribution in [1.29, 1.82) is 0 Å². The van der Waals surface area contributed by atoms with E-state index in [2.05, 4.69) is 71.9 Å². The second-order valence-corrected chi connectivity index (χ2v) is 8.10. The number of hydrogen-bond donors (Lipinski definition) is 2. The molecule has 2 N–H and O–H groups in total. The lowest BCUT2D eigenvalue weighted by Gasteiger charge is -2.13. The van der Waals surface area contributed by atoms with Gasteiger partial charge in [0, 0.05) is 17.9 Å². The molecule has 0 spiro atoms. The van der Waals surface area contributed by atoms with Crippen molar-refractivity contribution >= 4 is 29.0 Å². The van der Waals surface area contributed by atoms with E-state index in [0.717, 1.165) is 46.4 Å². The standard InChI is InChI=1S/C23H29N5OS/c1-5-18-9-7-8-17(4)22(18)25-21(29)15-30-23-27-26-20(28(23)6-2)14-24-19-12-10-16(3)11-13-19/h7-13,24H,5-6,14-15H2,1-4H3,(H,25,29). The van der Waals surface area contributed by atoms with Crippen molar-refractivity contribution in [1.82, 2.24) is 14.8 Å². The molecule has 0 aliphatic heterocycles. The number of carbonyl (C=O) groups excluding carboxylic acids is 1. The molecule has 30 heavy (non-hydrogen) atoms. The highest BCUT2D eigenvalue weighted by Gasteiger charge is 2.14. The molecule has 0 atom stereocenters. The van der Waals surface area contributed by atoms with Crippen molar-refractivity contribution in [3.05, 3.63) is 65.0 Å². The number of para-hydroxylation sites is 1. The first kappa shape index (κ1) is 21.9. The van der Waals surface area contributed by atoms with Crippen molar-refractivity contribution in [2.24, 2.45) is 0 Å². The van der Waals surface area contributed by atoms with Gasteiger partial charge in [0.2, 0.25) is 5.91 Å². The van der Waals surface area contributed by atoms with Crippen LogP contribution in [-0.2, 0) is 24.3 Å². The summed E-state index contributed by atoms with van der Waals surface area (Å²) in [6.07, 6.45) is 0.881. The van der Waals surface area contributed by atoms with Crippen LogP contribution in [0, 0.1) is 13.8 Å². The summed E-state index contributed by atoms with van der Waals surface area (Å²) in [6.45, 7) is 9.57. The number of nitrogens with one attached hydrogen (secondary N) is 2. The van der Waals surface area contributed by atoms with E-state index in [9.17, 15) is 4.79 Å². The molecule has 0 bridgehead atoms. The maximum absolute atomic E-state index is 12.5. The van der Waals surface area contributed by atoms with Crippen molar-refractivity contribution in [3.8, 4) is 0 Å². The van der Waals surface area contributed by atoms with E-state index in [-0.39, 0.29) is 5.91 Å². The van der Waals surface area contributed by atoms with Crippen LogP contribution in [0.5, 0.6) is 0 Å². The van der Waals surface area contributed by atoms with Crippen LogP contribution in [0.15, 0.2) is 47.6 Å². The summed E-state index contributed by atoms with van der Waals surface area (Å²) in [5.41, 5.74) is 5.42. The van der Waals surface area contributed by atoms with Crippen molar-refractivity contribution < 1.29 is 4.79 Å². The molecule has 1 amide bonds. The Bertz CT molecular complexity index is 997. The van der Waals surface area contributed by atoms with Crippen LogP contribution in [0.4, 0.5) is 11.4 Å². The molecule has 7 heteroatoms. The number of thioether (sulfide) groups is 1. The molecule has 2 aromatic carbocycles. The number of benzene rings is 2. The molecule has 6 nitrogen and oxygen atoms in total. The molecule has 0 saturated heterocycles. The van der Waals surface area contributed by atoms with Crippen LogP contribution in [0.25, 0.3) is 0 Å². The zero-order valence-electron chi connectivity index (χ0n) is 18.0. The minimum Gasteiger partial charge on any atom is -0.378 e. The van der Waals surface area contributed by atoms with Gasteiger partial charge in [-0.1, -0.05) is 54.6 Å². The van der Waals surface area contributed by atoms with Gasteiger partial charge in [0.1, 0.15) is 0 Å². The van der Waals surface area contributed by atoms with Crippen LogP contribution in [-0.4, -0.2) is 26.4 Å². The second kappa shape index (κ2) is 10.3. The molecular weight excluding hydrogens is 394 g/mol. The fourth-order valence-electron chi connectivity index (χ4n) is 3.23. The SMILES string of the molecule is CCc1cccc(C)c1NC(=O)CSc1nnc(CNc2ccc(C)cc2)n1CC. The molecule has 0 aliphatic rings. The molecule has 0 radical (unpaired) electrons. The number of rotatable bonds is 9. The number of carbonyl (C=O) groups is 1. The van der Waals surface area contributed by atoms with Crippen LogP contribution in [0.3, 0.4) is 0 Å². The van der Waals surface area contributed by atoms with E-state index in [1.165, 1.54) is 17.3 Å². The first-order chi connectivity index (χ1) is 14.5. The predicted molar refractivity (Wildman–Crippen MR) is 124 cm³/mol. The zero-order chi connectivity index (χ0) is 21.5. The Morgan fingerprint density at radius 2 is 1.83 bits per heavy atom.